The summed E-state index contributed by atoms with van der Waals surface area (Å²) in [4.78, 5) is 15.3. The average Bonchev–Trinajstić information content (AvgIpc) is 3.28. The Morgan fingerprint density at radius 1 is 1.03 bits per heavy atom. The van der Waals surface area contributed by atoms with Gasteiger partial charge in [0.2, 0.25) is 0 Å². The van der Waals surface area contributed by atoms with Crippen LogP contribution in [0.25, 0.3) is 21.3 Å². The number of benzene rings is 1. The summed E-state index contributed by atoms with van der Waals surface area (Å²) in [6, 6.07) is 10.6. The summed E-state index contributed by atoms with van der Waals surface area (Å²) in [5, 5.41) is 6.82. The molecule has 0 bridgehead atoms. The van der Waals surface area contributed by atoms with Crippen molar-refractivity contribution >= 4 is 27.4 Å². The predicted molar refractivity (Wildman–Crippen MR) is 128 cm³/mol. The van der Waals surface area contributed by atoms with E-state index in [-0.39, 0.29) is 0 Å². The van der Waals surface area contributed by atoms with Crippen LogP contribution in [0.2, 0.25) is 0 Å². The second-order valence-corrected chi connectivity index (χ2v) is 9.35. The van der Waals surface area contributed by atoms with Crippen molar-refractivity contribution in [3.8, 4) is 11.1 Å². The fourth-order valence-electron chi connectivity index (χ4n) is 4.62. The molecule has 2 saturated heterocycles. The van der Waals surface area contributed by atoms with Crippen molar-refractivity contribution in [2.75, 3.05) is 63.9 Å². The molecular weight excluding hydrogens is 406 g/mol. The van der Waals surface area contributed by atoms with Gasteiger partial charge in [-0.2, -0.15) is 0 Å². The van der Waals surface area contributed by atoms with Crippen molar-refractivity contribution in [3.63, 3.8) is 0 Å². The molecule has 2 fully saturated rings. The maximum atomic E-state index is 6.05. The van der Waals surface area contributed by atoms with E-state index >= 15 is 0 Å². The first kappa shape index (κ1) is 20.8. The van der Waals surface area contributed by atoms with Gasteiger partial charge in [0.25, 0.3) is 0 Å². The SMILES string of the molecule is c1ccc(-c2csc3ncnc(N4CCC(COCCN5CCNCC5)CC4)c23)cc1. The van der Waals surface area contributed by atoms with Crippen LogP contribution < -0.4 is 10.2 Å². The molecular formula is C24H31N5OS. The summed E-state index contributed by atoms with van der Waals surface area (Å²) in [5.41, 5.74) is 2.48. The predicted octanol–water partition coefficient (Wildman–Crippen LogP) is 3.50. The molecule has 164 valence electrons. The Bertz CT molecular complexity index is 965. The molecule has 2 aromatic heterocycles. The molecule has 1 N–H and O–H groups in total. The van der Waals surface area contributed by atoms with Gasteiger partial charge in [0.05, 0.1) is 12.0 Å². The standard InChI is InChI=1S/C24H31N5OS/c1-2-4-20(5-3-1)21-17-31-24-22(21)23(26-18-27-24)29-10-6-19(7-11-29)16-30-15-14-28-12-8-25-9-13-28/h1-5,17-19,25H,6-16H2. The lowest BCUT2D eigenvalue weighted by Gasteiger charge is -2.33. The minimum atomic E-state index is 0.646. The minimum Gasteiger partial charge on any atom is -0.380 e. The number of nitrogens with one attached hydrogen (secondary N) is 1. The fourth-order valence-corrected chi connectivity index (χ4v) is 5.53. The molecule has 4 heterocycles. The third-order valence-corrected chi connectivity index (χ3v) is 7.35. The van der Waals surface area contributed by atoms with Crippen LogP contribution >= 0.6 is 11.3 Å². The number of piperidine rings is 1. The number of aromatic nitrogens is 2. The van der Waals surface area contributed by atoms with Crippen LogP contribution in [-0.4, -0.2) is 73.9 Å². The van der Waals surface area contributed by atoms with Crippen molar-refractivity contribution < 1.29 is 4.74 Å². The molecule has 2 aliphatic rings. The highest BCUT2D eigenvalue weighted by Crippen LogP contribution is 2.38. The smallest absolute Gasteiger partial charge is 0.141 e. The molecule has 0 aliphatic carbocycles. The van der Waals surface area contributed by atoms with Crippen LogP contribution in [0.1, 0.15) is 12.8 Å². The quantitative estimate of drug-likeness (QED) is 0.571. The lowest BCUT2D eigenvalue weighted by atomic mass is 9.97. The molecule has 0 saturated carbocycles. The number of anilines is 1. The Hall–Kier alpha value is -2.06. The number of hydrogen-bond acceptors (Lipinski definition) is 7. The molecule has 1 aromatic carbocycles. The largest absolute Gasteiger partial charge is 0.380 e. The second kappa shape index (κ2) is 10.0. The van der Waals surface area contributed by atoms with Crippen molar-refractivity contribution in [2.45, 2.75) is 12.8 Å². The molecule has 31 heavy (non-hydrogen) atoms. The third kappa shape index (κ3) is 4.90. The Labute approximate surface area is 188 Å². The topological polar surface area (TPSA) is 53.5 Å². The maximum Gasteiger partial charge on any atom is 0.141 e. The third-order valence-electron chi connectivity index (χ3n) is 6.46. The van der Waals surface area contributed by atoms with Crippen LogP contribution in [0.15, 0.2) is 42.0 Å². The summed E-state index contributed by atoms with van der Waals surface area (Å²) in [5.74, 6) is 1.73. The molecule has 2 aliphatic heterocycles. The van der Waals surface area contributed by atoms with E-state index in [9.17, 15) is 0 Å². The summed E-state index contributed by atoms with van der Waals surface area (Å²) < 4.78 is 6.05. The number of thiophene rings is 1. The van der Waals surface area contributed by atoms with E-state index in [0.29, 0.717) is 5.92 Å². The zero-order valence-corrected chi connectivity index (χ0v) is 18.8. The Morgan fingerprint density at radius 2 is 1.84 bits per heavy atom. The summed E-state index contributed by atoms with van der Waals surface area (Å²) in [6.45, 7) is 9.33. The van der Waals surface area contributed by atoms with Gasteiger partial charge in [-0.15, -0.1) is 11.3 Å². The van der Waals surface area contributed by atoms with Gasteiger partial charge < -0.3 is 15.0 Å². The highest BCUT2D eigenvalue weighted by Gasteiger charge is 2.24. The number of fused-ring (bicyclic) bond motifs is 1. The number of piperazine rings is 1. The van der Waals surface area contributed by atoms with Gasteiger partial charge in [-0.3, -0.25) is 4.90 Å². The van der Waals surface area contributed by atoms with Gasteiger partial charge in [-0.1, -0.05) is 30.3 Å². The van der Waals surface area contributed by atoms with E-state index in [0.717, 1.165) is 82.5 Å². The number of nitrogens with zero attached hydrogens (tertiary/aromatic N) is 4. The molecule has 5 rings (SSSR count). The van der Waals surface area contributed by atoms with Crippen molar-refractivity contribution in [3.05, 3.63) is 42.0 Å². The van der Waals surface area contributed by atoms with Crippen LogP contribution in [0, 0.1) is 5.92 Å². The molecule has 0 unspecified atom stereocenters. The van der Waals surface area contributed by atoms with Crippen molar-refractivity contribution in [1.82, 2.24) is 20.2 Å². The highest BCUT2D eigenvalue weighted by molar-refractivity contribution is 7.17. The van der Waals surface area contributed by atoms with Gasteiger partial charge in [0.1, 0.15) is 17.0 Å². The number of rotatable bonds is 7. The Balaban J connectivity index is 1.18. The van der Waals surface area contributed by atoms with Gasteiger partial charge in [-0.25, -0.2) is 9.97 Å². The van der Waals surface area contributed by atoms with Gasteiger partial charge in [0, 0.05) is 63.4 Å². The summed E-state index contributed by atoms with van der Waals surface area (Å²) >= 11 is 1.71. The number of ether oxygens (including phenoxy) is 1. The molecule has 0 atom stereocenters. The Kier molecular flexibility index (Phi) is 6.74. The van der Waals surface area contributed by atoms with Crippen molar-refractivity contribution in [2.24, 2.45) is 5.92 Å². The van der Waals surface area contributed by atoms with Gasteiger partial charge in [0.15, 0.2) is 0 Å². The first-order valence-corrected chi connectivity index (χ1v) is 12.3. The van der Waals surface area contributed by atoms with Crippen LogP contribution in [-0.2, 0) is 4.74 Å². The number of hydrogen-bond donors (Lipinski definition) is 1. The van der Waals surface area contributed by atoms with E-state index < -0.39 is 0 Å². The molecule has 6 nitrogen and oxygen atoms in total. The minimum absolute atomic E-state index is 0.646. The Morgan fingerprint density at radius 3 is 2.65 bits per heavy atom. The molecule has 3 aromatic rings. The summed E-state index contributed by atoms with van der Waals surface area (Å²) in [7, 11) is 0. The zero-order chi connectivity index (χ0) is 20.9. The summed E-state index contributed by atoms with van der Waals surface area (Å²) in [6.07, 6.45) is 4.03. The van der Waals surface area contributed by atoms with Crippen LogP contribution in [0.3, 0.4) is 0 Å². The van der Waals surface area contributed by atoms with E-state index in [1.807, 2.05) is 0 Å². The zero-order valence-electron chi connectivity index (χ0n) is 18.0. The normalized spacial score (nSPS) is 18.6. The lowest BCUT2D eigenvalue weighted by molar-refractivity contribution is 0.0680. The van der Waals surface area contributed by atoms with Gasteiger partial charge >= 0.3 is 0 Å². The lowest BCUT2D eigenvalue weighted by Crippen LogP contribution is -2.44. The first-order chi connectivity index (χ1) is 15.4. The second-order valence-electron chi connectivity index (χ2n) is 8.49. The maximum absolute atomic E-state index is 6.05. The molecule has 0 amide bonds. The first-order valence-electron chi connectivity index (χ1n) is 11.4. The molecule has 0 spiro atoms. The van der Waals surface area contributed by atoms with Crippen LogP contribution in [0.5, 0.6) is 0 Å². The fraction of sp³-hybridized carbons (Fsp3) is 0.500. The van der Waals surface area contributed by atoms with E-state index in [1.54, 1.807) is 17.7 Å². The highest BCUT2D eigenvalue weighted by atomic mass is 32.1. The van der Waals surface area contributed by atoms with Crippen LogP contribution in [0.4, 0.5) is 5.82 Å². The van der Waals surface area contributed by atoms with E-state index in [1.165, 1.54) is 16.5 Å². The molecule has 0 radical (unpaired) electrons. The monoisotopic (exact) mass is 437 g/mol. The van der Waals surface area contributed by atoms with Gasteiger partial charge in [-0.05, 0) is 24.3 Å². The van der Waals surface area contributed by atoms with E-state index in [4.69, 9.17) is 9.72 Å². The van der Waals surface area contributed by atoms with Crippen molar-refractivity contribution in [1.29, 1.82) is 0 Å². The average molecular weight is 438 g/mol. The molecule has 7 heteroatoms. The van der Waals surface area contributed by atoms with E-state index in [2.05, 4.69) is 55.8 Å².